The zero-order valence-electron chi connectivity index (χ0n) is 8.64. The Morgan fingerprint density at radius 1 is 1.80 bits per heavy atom. The molecule has 1 fully saturated rings. The van der Waals surface area contributed by atoms with E-state index in [-0.39, 0.29) is 6.10 Å². The average Bonchev–Trinajstić information content (AvgIpc) is 2.78. The summed E-state index contributed by atoms with van der Waals surface area (Å²) >= 11 is 1.64. The Hall–Kier alpha value is -1.12. The van der Waals surface area contributed by atoms with Gasteiger partial charge >= 0.3 is 0 Å². The zero-order chi connectivity index (χ0) is 10.7. The van der Waals surface area contributed by atoms with E-state index in [4.69, 9.17) is 10.00 Å². The van der Waals surface area contributed by atoms with Crippen molar-refractivity contribution in [1.29, 1.82) is 5.26 Å². The normalized spacial score (nSPS) is 21.3. The number of aryl methyl sites for hydroxylation is 1. The number of morpholine rings is 1. The number of rotatable bonds is 2. The number of aromatic nitrogens is 1. The van der Waals surface area contributed by atoms with Crippen molar-refractivity contribution < 1.29 is 4.74 Å². The summed E-state index contributed by atoms with van der Waals surface area (Å²) < 4.78 is 5.29. The molecule has 1 aromatic heterocycles. The highest BCUT2D eigenvalue weighted by Crippen LogP contribution is 2.22. The molecule has 0 amide bonds. The molecule has 0 aliphatic carbocycles. The van der Waals surface area contributed by atoms with Gasteiger partial charge in [-0.15, -0.1) is 11.3 Å². The first-order valence-electron chi connectivity index (χ1n) is 5.04. The van der Waals surface area contributed by atoms with E-state index in [9.17, 15) is 0 Å². The second-order valence-electron chi connectivity index (χ2n) is 3.41. The molecule has 0 spiro atoms. The molecule has 0 bridgehead atoms. The number of hydrogen-bond donors (Lipinski definition) is 0. The van der Waals surface area contributed by atoms with Crippen molar-refractivity contribution in [3.05, 3.63) is 11.1 Å². The Bertz CT molecular complexity index is 371. The van der Waals surface area contributed by atoms with Gasteiger partial charge < -0.3 is 9.64 Å². The van der Waals surface area contributed by atoms with E-state index in [1.807, 2.05) is 0 Å². The quantitative estimate of drug-likeness (QED) is 0.761. The van der Waals surface area contributed by atoms with Crippen LogP contribution in [0.15, 0.2) is 5.38 Å². The summed E-state index contributed by atoms with van der Waals surface area (Å²) in [5.74, 6) is 0. The predicted molar refractivity (Wildman–Crippen MR) is 59.1 cm³/mol. The highest BCUT2D eigenvalue weighted by molar-refractivity contribution is 7.13. The molecule has 1 atom stereocenters. The van der Waals surface area contributed by atoms with Crippen LogP contribution in [0.5, 0.6) is 0 Å². The molecular weight excluding hydrogens is 210 g/mol. The lowest BCUT2D eigenvalue weighted by atomic mass is 10.3. The molecule has 80 valence electrons. The van der Waals surface area contributed by atoms with Gasteiger partial charge in [0.05, 0.1) is 24.9 Å². The van der Waals surface area contributed by atoms with E-state index in [1.54, 1.807) is 11.3 Å². The summed E-state index contributed by atoms with van der Waals surface area (Å²) in [4.78, 5) is 6.63. The van der Waals surface area contributed by atoms with Crippen molar-refractivity contribution in [2.75, 3.05) is 24.6 Å². The average molecular weight is 223 g/mol. The number of nitrogens with zero attached hydrogens (tertiary/aromatic N) is 3. The van der Waals surface area contributed by atoms with Crippen LogP contribution in [-0.2, 0) is 11.2 Å². The van der Waals surface area contributed by atoms with Gasteiger partial charge in [0.1, 0.15) is 0 Å². The number of nitriles is 1. The second-order valence-corrected chi connectivity index (χ2v) is 4.25. The molecule has 4 nitrogen and oxygen atoms in total. The van der Waals surface area contributed by atoms with E-state index in [0.29, 0.717) is 13.2 Å². The van der Waals surface area contributed by atoms with Crippen molar-refractivity contribution in [2.45, 2.75) is 19.4 Å². The molecule has 0 saturated carbocycles. The lowest BCUT2D eigenvalue weighted by Gasteiger charge is -2.29. The van der Waals surface area contributed by atoms with Gasteiger partial charge in [0.25, 0.3) is 0 Å². The van der Waals surface area contributed by atoms with Gasteiger partial charge in [-0.3, -0.25) is 0 Å². The fourth-order valence-electron chi connectivity index (χ4n) is 1.51. The molecule has 1 aliphatic heterocycles. The third-order valence-electron chi connectivity index (χ3n) is 2.38. The molecule has 0 N–H and O–H groups in total. The smallest absolute Gasteiger partial charge is 0.185 e. The van der Waals surface area contributed by atoms with Crippen LogP contribution in [0.3, 0.4) is 0 Å². The van der Waals surface area contributed by atoms with Crippen LogP contribution in [0.4, 0.5) is 5.13 Å². The lowest BCUT2D eigenvalue weighted by molar-refractivity contribution is 0.0764. The van der Waals surface area contributed by atoms with E-state index >= 15 is 0 Å². The van der Waals surface area contributed by atoms with Crippen LogP contribution >= 0.6 is 11.3 Å². The number of hydrogen-bond acceptors (Lipinski definition) is 5. The van der Waals surface area contributed by atoms with Gasteiger partial charge in [0, 0.05) is 11.9 Å². The van der Waals surface area contributed by atoms with Crippen molar-refractivity contribution in [3.63, 3.8) is 0 Å². The van der Waals surface area contributed by atoms with E-state index in [0.717, 1.165) is 23.8 Å². The Morgan fingerprint density at radius 2 is 2.67 bits per heavy atom. The highest BCUT2D eigenvalue weighted by Gasteiger charge is 2.21. The summed E-state index contributed by atoms with van der Waals surface area (Å²) in [7, 11) is 0. The minimum atomic E-state index is -0.312. The number of anilines is 1. The molecule has 0 aromatic carbocycles. The zero-order valence-corrected chi connectivity index (χ0v) is 9.46. The first-order valence-corrected chi connectivity index (χ1v) is 5.92. The van der Waals surface area contributed by atoms with Crippen LogP contribution in [0.1, 0.15) is 12.6 Å². The van der Waals surface area contributed by atoms with Gasteiger partial charge in [-0.2, -0.15) is 5.26 Å². The van der Waals surface area contributed by atoms with Crippen LogP contribution < -0.4 is 4.90 Å². The van der Waals surface area contributed by atoms with Crippen LogP contribution in [0, 0.1) is 11.3 Å². The maximum atomic E-state index is 8.79. The van der Waals surface area contributed by atoms with E-state index in [1.165, 1.54) is 0 Å². The highest BCUT2D eigenvalue weighted by atomic mass is 32.1. The van der Waals surface area contributed by atoms with Gasteiger partial charge in [-0.25, -0.2) is 4.98 Å². The molecule has 1 unspecified atom stereocenters. The SMILES string of the molecule is CCc1csc(N2CCOC(C#N)C2)n1. The summed E-state index contributed by atoms with van der Waals surface area (Å²) in [5, 5.41) is 11.9. The topological polar surface area (TPSA) is 49.1 Å². The van der Waals surface area contributed by atoms with E-state index < -0.39 is 0 Å². The maximum absolute atomic E-state index is 8.79. The van der Waals surface area contributed by atoms with Crippen LogP contribution in [0.2, 0.25) is 0 Å². The Kier molecular flexibility index (Phi) is 3.19. The minimum absolute atomic E-state index is 0.312. The number of ether oxygens (including phenoxy) is 1. The minimum Gasteiger partial charge on any atom is -0.360 e. The molecule has 2 rings (SSSR count). The Labute approximate surface area is 93.1 Å². The molecule has 15 heavy (non-hydrogen) atoms. The number of thiazole rings is 1. The summed E-state index contributed by atoms with van der Waals surface area (Å²) in [6.07, 6.45) is 0.649. The standard InChI is InChI=1S/C10H13N3OS/c1-2-8-7-15-10(12-8)13-3-4-14-9(5-11)6-13/h7,9H,2-4,6H2,1H3. The largest absolute Gasteiger partial charge is 0.360 e. The van der Waals surface area contributed by atoms with Crippen molar-refractivity contribution in [3.8, 4) is 6.07 Å². The lowest BCUT2D eigenvalue weighted by Crippen LogP contribution is -2.41. The van der Waals surface area contributed by atoms with Gasteiger partial charge in [-0.1, -0.05) is 6.92 Å². The first kappa shape index (κ1) is 10.4. The monoisotopic (exact) mass is 223 g/mol. The fraction of sp³-hybridized carbons (Fsp3) is 0.600. The van der Waals surface area contributed by atoms with E-state index in [2.05, 4.69) is 28.3 Å². The Morgan fingerprint density at radius 3 is 3.33 bits per heavy atom. The first-order chi connectivity index (χ1) is 7.33. The van der Waals surface area contributed by atoms with Crippen LogP contribution in [-0.4, -0.2) is 30.8 Å². The maximum Gasteiger partial charge on any atom is 0.185 e. The molecular formula is C10H13N3OS. The summed E-state index contributed by atoms with van der Waals surface area (Å²) in [6, 6.07) is 2.14. The van der Waals surface area contributed by atoms with Gasteiger partial charge in [-0.05, 0) is 6.42 Å². The van der Waals surface area contributed by atoms with Gasteiger partial charge in [0.15, 0.2) is 11.2 Å². The summed E-state index contributed by atoms with van der Waals surface area (Å²) in [6.45, 7) is 4.16. The van der Waals surface area contributed by atoms with Crippen molar-refractivity contribution >= 4 is 16.5 Å². The van der Waals surface area contributed by atoms with Gasteiger partial charge in [0.2, 0.25) is 0 Å². The van der Waals surface area contributed by atoms with Crippen LogP contribution in [0.25, 0.3) is 0 Å². The second kappa shape index (κ2) is 4.60. The molecule has 2 heterocycles. The molecule has 1 aliphatic rings. The van der Waals surface area contributed by atoms with Crippen molar-refractivity contribution in [2.24, 2.45) is 0 Å². The fourth-order valence-corrected chi connectivity index (χ4v) is 2.45. The van der Waals surface area contributed by atoms with Crippen molar-refractivity contribution in [1.82, 2.24) is 4.98 Å². The molecule has 1 aromatic rings. The third-order valence-corrected chi connectivity index (χ3v) is 3.33. The Balaban J connectivity index is 2.07. The molecule has 0 radical (unpaired) electrons. The predicted octanol–water partition coefficient (Wildman–Crippen LogP) is 1.43. The molecule has 5 heteroatoms. The third kappa shape index (κ3) is 2.28. The molecule has 1 saturated heterocycles. The summed E-state index contributed by atoms with van der Waals surface area (Å²) in [5.41, 5.74) is 1.12.